The molecule has 1 aromatic rings. The van der Waals surface area contributed by atoms with Crippen LogP contribution in [0.2, 0.25) is 0 Å². The number of hydrogen-bond donors (Lipinski definition) is 0. The third kappa shape index (κ3) is 3.70. The number of hydrogen-bond acceptors (Lipinski definition) is 2. The molecule has 1 aromatic carbocycles. The maximum Gasteiger partial charge on any atom is 0.391 e. The summed E-state index contributed by atoms with van der Waals surface area (Å²) in [5.41, 5.74) is 0.367. The smallest absolute Gasteiger partial charge is 0.391 e. The molecule has 2 rings (SSSR count). The molecule has 1 heterocycles. The van der Waals surface area contributed by atoms with E-state index in [1.54, 1.807) is 18.2 Å². The first kappa shape index (κ1) is 16.1. The normalized spacial score (nSPS) is 16.9. The number of piperidine rings is 1. The third-order valence-electron chi connectivity index (χ3n) is 3.64. The molecule has 116 valence electrons. The van der Waals surface area contributed by atoms with Crippen LogP contribution in [0, 0.1) is 5.92 Å². The third-order valence-corrected chi connectivity index (χ3v) is 4.13. The van der Waals surface area contributed by atoms with Crippen LogP contribution in [-0.4, -0.2) is 37.2 Å². The summed E-state index contributed by atoms with van der Waals surface area (Å²) in [6.45, 7) is 0.227. The van der Waals surface area contributed by atoms with E-state index in [1.807, 2.05) is 0 Å². The number of amides is 1. The van der Waals surface area contributed by atoms with Gasteiger partial charge in [0.2, 0.25) is 0 Å². The fourth-order valence-corrected chi connectivity index (χ4v) is 2.76. The molecule has 3 nitrogen and oxygen atoms in total. The number of halogens is 4. The van der Waals surface area contributed by atoms with Crippen molar-refractivity contribution < 1.29 is 22.7 Å². The Kier molecular flexibility index (Phi) is 4.81. The minimum atomic E-state index is -4.18. The number of carbonyl (C=O) groups excluding carboxylic acids is 1. The first-order valence-corrected chi connectivity index (χ1v) is 7.31. The molecule has 21 heavy (non-hydrogen) atoms. The summed E-state index contributed by atoms with van der Waals surface area (Å²) in [6.07, 6.45) is -4.27. The van der Waals surface area contributed by atoms with E-state index in [0.717, 1.165) is 4.47 Å². The Balaban J connectivity index is 2.09. The molecule has 1 aliphatic rings. The van der Waals surface area contributed by atoms with Crippen LogP contribution in [0.4, 0.5) is 13.2 Å². The van der Waals surface area contributed by atoms with Gasteiger partial charge in [0.15, 0.2) is 0 Å². The number of benzene rings is 1. The first-order valence-electron chi connectivity index (χ1n) is 6.52. The molecule has 0 radical (unpaired) electrons. The number of nitrogens with zero attached hydrogens (tertiary/aromatic N) is 1. The van der Waals surface area contributed by atoms with Crippen molar-refractivity contribution >= 4 is 21.8 Å². The predicted molar refractivity (Wildman–Crippen MR) is 75.4 cm³/mol. The fraction of sp³-hybridized carbons (Fsp3) is 0.500. The van der Waals surface area contributed by atoms with Crippen molar-refractivity contribution in [3.05, 3.63) is 28.2 Å². The van der Waals surface area contributed by atoms with E-state index in [9.17, 15) is 18.0 Å². The standard InChI is InChI=1S/C14H15BrF3NO2/c1-21-12-8-10(15)2-3-11(12)13(20)19-6-4-9(5-7-19)14(16,17)18/h2-3,8-9H,4-7H2,1H3. The maximum atomic E-state index is 12.6. The van der Waals surface area contributed by atoms with Crippen LogP contribution in [0.15, 0.2) is 22.7 Å². The van der Waals surface area contributed by atoms with E-state index >= 15 is 0 Å². The molecule has 1 fully saturated rings. The highest BCUT2D eigenvalue weighted by Gasteiger charge is 2.41. The van der Waals surface area contributed by atoms with Gasteiger partial charge in [-0.3, -0.25) is 4.79 Å². The number of alkyl halides is 3. The molecule has 0 aromatic heterocycles. The van der Waals surface area contributed by atoms with Gasteiger partial charge in [-0.25, -0.2) is 0 Å². The van der Waals surface area contributed by atoms with Crippen LogP contribution >= 0.6 is 15.9 Å². The summed E-state index contributed by atoms with van der Waals surface area (Å²) in [6, 6.07) is 4.98. The van der Waals surface area contributed by atoms with Gasteiger partial charge in [0.05, 0.1) is 18.6 Å². The van der Waals surface area contributed by atoms with E-state index in [4.69, 9.17) is 4.74 Å². The SMILES string of the molecule is COc1cc(Br)ccc1C(=O)N1CCC(C(F)(F)F)CC1. The number of likely N-dealkylation sites (tertiary alicyclic amines) is 1. The maximum absolute atomic E-state index is 12.6. The lowest BCUT2D eigenvalue weighted by atomic mass is 9.96. The zero-order valence-electron chi connectivity index (χ0n) is 11.4. The molecule has 7 heteroatoms. The second-order valence-corrected chi connectivity index (χ2v) is 5.87. The average molecular weight is 366 g/mol. The summed E-state index contributed by atoms with van der Waals surface area (Å²) in [5, 5.41) is 0. The second-order valence-electron chi connectivity index (χ2n) is 4.95. The van der Waals surface area contributed by atoms with Gasteiger partial charge >= 0.3 is 6.18 Å². The van der Waals surface area contributed by atoms with E-state index in [0.29, 0.717) is 11.3 Å². The quantitative estimate of drug-likeness (QED) is 0.795. The van der Waals surface area contributed by atoms with Gasteiger partial charge in [-0.15, -0.1) is 0 Å². The Labute approximate surface area is 129 Å². The summed E-state index contributed by atoms with van der Waals surface area (Å²) in [5.74, 6) is -1.19. The Bertz CT molecular complexity index is 525. The molecule has 0 saturated carbocycles. The molecule has 0 spiro atoms. The van der Waals surface area contributed by atoms with Gasteiger partial charge in [-0.2, -0.15) is 13.2 Å². The minimum absolute atomic E-state index is 0.0475. The first-order chi connectivity index (χ1) is 9.82. The number of rotatable bonds is 2. The highest BCUT2D eigenvalue weighted by molar-refractivity contribution is 9.10. The molecule has 1 aliphatic heterocycles. The summed E-state index contributed by atoms with van der Waals surface area (Å²) in [4.78, 5) is 13.8. The van der Waals surface area contributed by atoms with Crippen molar-refractivity contribution in [2.24, 2.45) is 5.92 Å². The molecule has 0 atom stereocenters. The van der Waals surface area contributed by atoms with Crippen molar-refractivity contribution in [1.82, 2.24) is 4.90 Å². The van der Waals surface area contributed by atoms with Gasteiger partial charge < -0.3 is 9.64 Å². The Hall–Kier alpha value is -1.24. The molecular formula is C14H15BrF3NO2. The average Bonchev–Trinajstić information content (AvgIpc) is 2.45. The van der Waals surface area contributed by atoms with Crippen LogP contribution in [0.25, 0.3) is 0 Å². The summed E-state index contributed by atoms with van der Waals surface area (Å²) in [7, 11) is 1.45. The fourth-order valence-electron chi connectivity index (χ4n) is 2.42. The highest BCUT2D eigenvalue weighted by Crippen LogP contribution is 2.35. The van der Waals surface area contributed by atoms with E-state index in [1.165, 1.54) is 12.0 Å². The van der Waals surface area contributed by atoms with Gasteiger partial charge in [0, 0.05) is 17.6 Å². The Morgan fingerprint density at radius 3 is 2.48 bits per heavy atom. The number of methoxy groups -OCH3 is 1. The minimum Gasteiger partial charge on any atom is -0.496 e. The lowest BCUT2D eigenvalue weighted by Gasteiger charge is -2.33. The predicted octanol–water partition coefficient (Wildman–Crippen LogP) is 3.87. The lowest BCUT2D eigenvalue weighted by molar-refractivity contribution is -0.183. The largest absolute Gasteiger partial charge is 0.496 e. The summed E-state index contributed by atoms with van der Waals surface area (Å²) < 4.78 is 43.8. The van der Waals surface area contributed by atoms with E-state index < -0.39 is 12.1 Å². The molecule has 1 amide bonds. The zero-order chi connectivity index (χ0) is 15.6. The molecule has 1 saturated heterocycles. The number of carbonyl (C=O) groups is 1. The molecule has 0 unspecified atom stereocenters. The van der Waals surface area contributed by atoms with Gasteiger partial charge in [-0.05, 0) is 31.0 Å². The van der Waals surface area contributed by atoms with Crippen molar-refractivity contribution in [2.45, 2.75) is 19.0 Å². The van der Waals surface area contributed by atoms with Crippen molar-refractivity contribution in [2.75, 3.05) is 20.2 Å². The van der Waals surface area contributed by atoms with Crippen molar-refractivity contribution in [3.63, 3.8) is 0 Å². The monoisotopic (exact) mass is 365 g/mol. The van der Waals surface area contributed by atoms with Crippen molar-refractivity contribution in [1.29, 1.82) is 0 Å². The van der Waals surface area contributed by atoms with Crippen LogP contribution in [0.5, 0.6) is 5.75 Å². The Morgan fingerprint density at radius 2 is 1.95 bits per heavy atom. The van der Waals surface area contributed by atoms with Crippen LogP contribution in [0.1, 0.15) is 23.2 Å². The molecule has 0 bridgehead atoms. The van der Waals surface area contributed by atoms with Gasteiger partial charge in [0.1, 0.15) is 5.75 Å². The van der Waals surface area contributed by atoms with E-state index in [2.05, 4.69) is 15.9 Å². The van der Waals surface area contributed by atoms with Gasteiger partial charge in [0.25, 0.3) is 5.91 Å². The highest BCUT2D eigenvalue weighted by atomic mass is 79.9. The van der Waals surface area contributed by atoms with Crippen LogP contribution in [-0.2, 0) is 0 Å². The van der Waals surface area contributed by atoms with Crippen LogP contribution < -0.4 is 4.74 Å². The molecule has 0 N–H and O–H groups in total. The molecular weight excluding hydrogens is 351 g/mol. The zero-order valence-corrected chi connectivity index (χ0v) is 13.0. The van der Waals surface area contributed by atoms with Crippen LogP contribution in [0.3, 0.4) is 0 Å². The summed E-state index contributed by atoms with van der Waals surface area (Å²) >= 11 is 3.28. The van der Waals surface area contributed by atoms with Crippen molar-refractivity contribution in [3.8, 4) is 5.75 Å². The second kappa shape index (κ2) is 6.25. The topological polar surface area (TPSA) is 29.5 Å². The molecule has 0 aliphatic carbocycles. The van der Waals surface area contributed by atoms with E-state index in [-0.39, 0.29) is 31.8 Å². The van der Waals surface area contributed by atoms with Gasteiger partial charge in [-0.1, -0.05) is 15.9 Å². The Morgan fingerprint density at radius 1 is 1.33 bits per heavy atom. The number of ether oxygens (including phenoxy) is 1. The lowest BCUT2D eigenvalue weighted by Crippen LogP contribution is -2.42.